The maximum Gasteiger partial charge on any atom is 0.0470 e. The SMILES string of the molecule is COCCCSC(CN)c1ccncc1. The van der Waals surface area contributed by atoms with Crippen molar-refractivity contribution in [2.75, 3.05) is 26.0 Å². The maximum absolute atomic E-state index is 5.75. The summed E-state index contributed by atoms with van der Waals surface area (Å²) in [5.74, 6) is 1.08. The van der Waals surface area contributed by atoms with Gasteiger partial charge < -0.3 is 10.5 Å². The molecule has 0 amide bonds. The summed E-state index contributed by atoms with van der Waals surface area (Å²) >= 11 is 1.88. The molecule has 0 aromatic carbocycles. The van der Waals surface area contributed by atoms with Gasteiger partial charge in [-0.05, 0) is 29.9 Å². The van der Waals surface area contributed by atoms with Gasteiger partial charge in [0.15, 0.2) is 0 Å². The van der Waals surface area contributed by atoms with Gasteiger partial charge in [0.2, 0.25) is 0 Å². The lowest BCUT2D eigenvalue weighted by atomic mass is 10.2. The molecule has 0 saturated heterocycles. The number of methoxy groups -OCH3 is 1. The van der Waals surface area contributed by atoms with Crippen LogP contribution in [-0.2, 0) is 4.74 Å². The Morgan fingerprint density at radius 1 is 1.47 bits per heavy atom. The number of aromatic nitrogens is 1. The summed E-state index contributed by atoms with van der Waals surface area (Å²) in [5.41, 5.74) is 7.01. The molecule has 0 aliphatic heterocycles. The van der Waals surface area contributed by atoms with Crippen LogP contribution in [0.25, 0.3) is 0 Å². The summed E-state index contributed by atoms with van der Waals surface area (Å²) in [5, 5.41) is 0.379. The van der Waals surface area contributed by atoms with Crippen molar-refractivity contribution >= 4 is 11.8 Å². The fourth-order valence-electron chi connectivity index (χ4n) is 1.31. The summed E-state index contributed by atoms with van der Waals surface area (Å²) < 4.78 is 5.01. The zero-order valence-corrected chi connectivity index (χ0v) is 9.87. The van der Waals surface area contributed by atoms with Crippen LogP contribution in [-0.4, -0.2) is 31.0 Å². The van der Waals surface area contributed by atoms with E-state index in [2.05, 4.69) is 4.98 Å². The Morgan fingerprint density at radius 2 is 2.20 bits per heavy atom. The van der Waals surface area contributed by atoms with Gasteiger partial charge in [-0.15, -0.1) is 0 Å². The van der Waals surface area contributed by atoms with E-state index in [9.17, 15) is 0 Å². The van der Waals surface area contributed by atoms with Crippen LogP contribution < -0.4 is 5.73 Å². The molecular weight excluding hydrogens is 208 g/mol. The van der Waals surface area contributed by atoms with Crippen molar-refractivity contribution in [2.24, 2.45) is 5.73 Å². The Hall–Kier alpha value is -0.580. The average molecular weight is 226 g/mol. The third-order valence-corrected chi connectivity index (χ3v) is 3.50. The maximum atomic E-state index is 5.75. The average Bonchev–Trinajstić information content (AvgIpc) is 2.30. The third-order valence-electron chi connectivity index (χ3n) is 2.10. The summed E-state index contributed by atoms with van der Waals surface area (Å²) in [7, 11) is 1.73. The van der Waals surface area contributed by atoms with Crippen LogP contribution in [0, 0.1) is 0 Å². The van der Waals surface area contributed by atoms with Gasteiger partial charge in [-0.25, -0.2) is 0 Å². The van der Waals surface area contributed by atoms with Gasteiger partial charge in [0, 0.05) is 37.9 Å². The smallest absolute Gasteiger partial charge is 0.0470 e. The zero-order valence-electron chi connectivity index (χ0n) is 9.06. The van der Waals surface area contributed by atoms with E-state index in [1.54, 1.807) is 7.11 Å². The molecule has 0 saturated carbocycles. The first kappa shape index (κ1) is 12.5. The highest BCUT2D eigenvalue weighted by atomic mass is 32.2. The molecule has 4 heteroatoms. The Balaban J connectivity index is 2.36. The first-order valence-electron chi connectivity index (χ1n) is 5.09. The summed E-state index contributed by atoms with van der Waals surface area (Å²) in [6.07, 6.45) is 4.70. The van der Waals surface area contributed by atoms with E-state index in [0.29, 0.717) is 11.8 Å². The van der Waals surface area contributed by atoms with Crippen LogP contribution in [0.3, 0.4) is 0 Å². The molecule has 15 heavy (non-hydrogen) atoms. The second-order valence-corrected chi connectivity index (χ2v) is 4.53. The largest absolute Gasteiger partial charge is 0.385 e. The Morgan fingerprint density at radius 3 is 2.80 bits per heavy atom. The van der Waals surface area contributed by atoms with E-state index < -0.39 is 0 Å². The lowest BCUT2D eigenvalue weighted by molar-refractivity contribution is 0.200. The van der Waals surface area contributed by atoms with Crippen molar-refractivity contribution in [2.45, 2.75) is 11.7 Å². The minimum absolute atomic E-state index is 0.379. The Labute approximate surface area is 95.4 Å². The first-order valence-corrected chi connectivity index (χ1v) is 6.14. The van der Waals surface area contributed by atoms with Crippen molar-refractivity contribution in [1.82, 2.24) is 4.98 Å². The van der Waals surface area contributed by atoms with Crippen LogP contribution in [0.15, 0.2) is 24.5 Å². The number of thioether (sulfide) groups is 1. The minimum atomic E-state index is 0.379. The van der Waals surface area contributed by atoms with Crippen molar-refractivity contribution in [3.63, 3.8) is 0 Å². The predicted octanol–water partition coefficient (Wildman–Crippen LogP) is 1.85. The molecule has 0 aliphatic rings. The van der Waals surface area contributed by atoms with Crippen LogP contribution in [0.2, 0.25) is 0 Å². The molecule has 2 N–H and O–H groups in total. The van der Waals surface area contributed by atoms with Crippen LogP contribution in [0.4, 0.5) is 0 Å². The predicted molar refractivity (Wildman–Crippen MR) is 65.0 cm³/mol. The van der Waals surface area contributed by atoms with E-state index in [1.165, 1.54) is 5.56 Å². The molecule has 1 rings (SSSR count). The van der Waals surface area contributed by atoms with Gasteiger partial charge in [0.1, 0.15) is 0 Å². The fourth-order valence-corrected chi connectivity index (χ4v) is 2.36. The highest BCUT2D eigenvalue weighted by Crippen LogP contribution is 2.27. The number of nitrogens with two attached hydrogens (primary N) is 1. The van der Waals surface area contributed by atoms with Crippen LogP contribution in [0.1, 0.15) is 17.2 Å². The molecule has 1 aromatic rings. The molecule has 0 spiro atoms. The van der Waals surface area contributed by atoms with E-state index in [1.807, 2.05) is 36.3 Å². The molecule has 1 atom stereocenters. The number of nitrogens with zero attached hydrogens (tertiary/aromatic N) is 1. The topological polar surface area (TPSA) is 48.1 Å². The molecule has 0 aliphatic carbocycles. The number of hydrogen-bond donors (Lipinski definition) is 1. The van der Waals surface area contributed by atoms with Gasteiger partial charge in [0.25, 0.3) is 0 Å². The van der Waals surface area contributed by atoms with Gasteiger partial charge >= 0.3 is 0 Å². The van der Waals surface area contributed by atoms with E-state index in [4.69, 9.17) is 10.5 Å². The number of pyridine rings is 1. The lowest BCUT2D eigenvalue weighted by Gasteiger charge is -2.14. The Kier molecular flexibility index (Phi) is 6.39. The third kappa shape index (κ3) is 4.64. The molecule has 1 aromatic heterocycles. The van der Waals surface area contributed by atoms with Gasteiger partial charge in [-0.1, -0.05) is 0 Å². The summed E-state index contributed by atoms with van der Waals surface area (Å²) in [6, 6.07) is 4.06. The molecular formula is C11H18N2OS. The molecule has 1 unspecified atom stereocenters. The highest BCUT2D eigenvalue weighted by Gasteiger charge is 2.08. The summed E-state index contributed by atoms with van der Waals surface area (Å²) in [6.45, 7) is 1.49. The molecule has 3 nitrogen and oxygen atoms in total. The monoisotopic (exact) mass is 226 g/mol. The van der Waals surface area contributed by atoms with Crippen LogP contribution in [0.5, 0.6) is 0 Å². The molecule has 0 radical (unpaired) electrons. The van der Waals surface area contributed by atoms with E-state index in [-0.39, 0.29) is 0 Å². The van der Waals surface area contributed by atoms with Crippen molar-refractivity contribution in [3.05, 3.63) is 30.1 Å². The molecule has 0 bridgehead atoms. The quantitative estimate of drug-likeness (QED) is 0.721. The fraction of sp³-hybridized carbons (Fsp3) is 0.545. The molecule has 84 valence electrons. The minimum Gasteiger partial charge on any atom is -0.385 e. The first-order chi connectivity index (χ1) is 7.38. The van der Waals surface area contributed by atoms with E-state index in [0.717, 1.165) is 18.8 Å². The number of hydrogen-bond acceptors (Lipinski definition) is 4. The Bertz CT molecular complexity index is 256. The van der Waals surface area contributed by atoms with Gasteiger partial charge in [-0.3, -0.25) is 4.98 Å². The molecule has 1 heterocycles. The molecule has 0 fully saturated rings. The van der Waals surface area contributed by atoms with Crippen LogP contribution >= 0.6 is 11.8 Å². The van der Waals surface area contributed by atoms with Crippen molar-refractivity contribution < 1.29 is 4.74 Å². The number of ether oxygens (including phenoxy) is 1. The highest BCUT2D eigenvalue weighted by molar-refractivity contribution is 7.99. The van der Waals surface area contributed by atoms with E-state index >= 15 is 0 Å². The van der Waals surface area contributed by atoms with Crippen molar-refractivity contribution in [1.29, 1.82) is 0 Å². The number of rotatable bonds is 7. The van der Waals surface area contributed by atoms with Gasteiger partial charge in [-0.2, -0.15) is 11.8 Å². The second-order valence-electron chi connectivity index (χ2n) is 3.22. The zero-order chi connectivity index (χ0) is 10.9. The van der Waals surface area contributed by atoms with Gasteiger partial charge in [0.05, 0.1) is 0 Å². The lowest BCUT2D eigenvalue weighted by Crippen LogP contribution is -2.10. The standard InChI is InChI=1S/C11H18N2OS/c1-14-7-2-8-15-11(9-12)10-3-5-13-6-4-10/h3-6,11H,2,7-9,12H2,1H3. The van der Waals surface area contributed by atoms with Crippen molar-refractivity contribution in [3.8, 4) is 0 Å². The normalized spacial score (nSPS) is 12.7. The summed E-state index contributed by atoms with van der Waals surface area (Å²) in [4.78, 5) is 4.00. The second kappa shape index (κ2) is 7.68.